The third-order valence-electron chi connectivity index (χ3n) is 4.40. The van der Waals surface area contributed by atoms with Crippen molar-refractivity contribution in [1.29, 1.82) is 0 Å². The molecule has 10 heteroatoms. The van der Waals surface area contributed by atoms with Crippen LogP contribution in [-0.2, 0) is 11.0 Å². The molecule has 162 valence electrons. The first-order chi connectivity index (χ1) is 14.6. The topological polar surface area (TPSA) is 71.5 Å². The number of alkyl halides is 3. The highest BCUT2D eigenvalue weighted by Gasteiger charge is 2.33. The molecule has 6 nitrogen and oxygen atoms in total. The Balaban J connectivity index is 1.69. The summed E-state index contributed by atoms with van der Waals surface area (Å²) in [5.74, 6) is -0.533. The molecule has 0 aliphatic rings. The Morgan fingerprint density at radius 1 is 1.13 bits per heavy atom. The molecule has 1 aromatic heterocycles. The van der Waals surface area contributed by atoms with E-state index in [0.29, 0.717) is 11.3 Å². The number of carbonyl (C=O) groups is 2. The van der Waals surface area contributed by atoms with Gasteiger partial charge in [-0.25, -0.2) is 4.98 Å². The van der Waals surface area contributed by atoms with E-state index in [4.69, 9.17) is 16.3 Å². The molecule has 0 fully saturated rings. The Labute approximate surface area is 180 Å². The van der Waals surface area contributed by atoms with Crippen LogP contribution in [-0.4, -0.2) is 42.4 Å². The van der Waals surface area contributed by atoms with Gasteiger partial charge in [-0.2, -0.15) is 13.2 Å². The lowest BCUT2D eigenvalue weighted by Gasteiger charge is -2.17. The smallest absolute Gasteiger partial charge is 0.417 e. The molecule has 0 aliphatic carbocycles. The highest BCUT2D eigenvalue weighted by Crippen LogP contribution is 2.36. The minimum atomic E-state index is -4.66. The molecule has 0 atom stereocenters. The number of ether oxygens (including phenoxy) is 1. The summed E-state index contributed by atoms with van der Waals surface area (Å²) in [4.78, 5) is 30.3. The van der Waals surface area contributed by atoms with Crippen LogP contribution >= 0.6 is 11.6 Å². The minimum absolute atomic E-state index is 0.0830. The third-order valence-corrected chi connectivity index (χ3v) is 4.73. The van der Waals surface area contributed by atoms with Crippen LogP contribution in [0.25, 0.3) is 10.9 Å². The van der Waals surface area contributed by atoms with E-state index in [2.05, 4.69) is 10.3 Å². The summed E-state index contributed by atoms with van der Waals surface area (Å²) in [6, 6.07) is 11.4. The molecule has 0 aliphatic heterocycles. The van der Waals surface area contributed by atoms with Crippen molar-refractivity contribution in [2.75, 3.05) is 26.0 Å². The molecular weight excluding hydrogens is 435 g/mol. The molecule has 31 heavy (non-hydrogen) atoms. The molecule has 0 bridgehead atoms. The second-order valence-electron chi connectivity index (χ2n) is 6.66. The Bertz CT molecular complexity index is 1150. The number of anilines is 1. The number of fused-ring (bicyclic) bond motifs is 1. The van der Waals surface area contributed by atoms with Crippen molar-refractivity contribution < 1.29 is 27.5 Å². The summed E-state index contributed by atoms with van der Waals surface area (Å²) in [5, 5.41) is 2.64. The van der Waals surface area contributed by atoms with Crippen LogP contribution in [0.5, 0.6) is 5.75 Å². The fraction of sp³-hybridized carbons (Fsp3) is 0.190. The largest absolute Gasteiger partial charge is 0.497 e. The van der Waals surface area contributed by atoms with Gasteiger partial charge >= 0.3 is 6.18 Å². The van der Waals surface area contributed by atoms with E-state index in [9.17, 15) is 22.8 Å². The van der Waals surface area contributed by atoms with Crippen molar-refractivity contribution in [1.82, 2.24) is 9.88 Å². The normalized spacial score (nSPS) is 11.3. The maximum atomic E-state index is 13.0. The van der Waals surface area contributed by atoms with Crippen LogP contribution < -0.4 is 10.1 Å². The van der Waals surface area contributed by atoms with Gasteiger partial charge in [0.05, 0.1) is 29.8 Å². The minimum Gasteiger partial charge on any atom is -0.497 e. The molecule has 2 aromatic carbocycles. The van der Waals surface area contributed by atoms with Crippen molar-refractivity contribution in [3.05, 3.63) is 64.8 Å². The summed E-state index contributed by atoms with van der Waals surface area (Å²) in [7, 11) is 2.94. The number of likely N-dealkylation sites (N-methyl/N-ethyl adjacent to an activating group) is 1. The second-order valence-corrected chi connectivity index (χ2v) is 7.06. The number of hydrogen-bond donors (Lipinski definition) is 1. The molecule has 0 radical (unpaired) electrons. The predicted octanol–water partition coefficient (Wildman–Crippen LogP) is 4.63. The van der Waals surface area contributed by atoms with Crippen LogP contribution in [0, 0.1) is 0 Å². The summed E-state index contributed by atoms with van der Waals surface area (Å²) in [6.07, 6.45) is -4.66. The number of amides is 2. The molecule has 3 rings (SSSR count). The maximum Gasteiger partial charge on any atom is 0.417 e. The summed E-state index contributed by atoms with van der Waals surface area (Å²) in [6.45, 7) is -0.384. The number of carbonyl (C=O) groups excluding carboxylic acids is 2. The van der Waals surface area contributed by atoms with E-state index in [1.54, 1.807) is 31.4 Å². The molecule has 1 heterocycles. The van der Waals surface area contributed by atoms with Crippen LogP contribution in [0.4, 0.5) is 18.9 Å². The number of benzene rings is 2. The van der Waals surface area contributed by atoms with Gasteiger partial charge < -0.3 is 15.0 Å². The number of nitrogens with zero attached hydrogens (tertiary/aromatic N) is 2. The van der Waals surface area contributed by atoms with Crippen molar-refractivity contribution in [2.45, 2.75) is 6.18 Å². The Kier molecular flexibility index (Phi) is 6.35. The summed E-state index contributed by atoms with van der Waals surface area (Å²) in [5.41, 5.74) is -0.446. The van der Waals surface area contributed by atoms with Crippen molar-refractivity contribution in [2.24, 2.45) is 0 Å². The Morgan fingerprint density at radius 3 is 2.55 bits per heavy atom. The SMILES string of the molecule is COc1ccc2nc(C(=O)N(C)CC(=O)Nc3ccc(Cl)c(C(F)(F)F)c3)ccc2c1. The lowest BCUT2D eigenvalue weighted by molar-refractivity contribution is -0.137. The molecule has 0 unspecified atom stereocenters. The van der Waals surface area contributed by atoms with E-state index in [0.717, 1.165) is 22.4 Å². The lowest BCUT2D eigenvalue weighted by atomic mass is 10.2. The summed E-state index contributed by atoms with van der Waals surface area (Å²) < 4.78 is 44.0. The molecule has 2 amide bonds. The summed E-state index contributed by atoms with van der Waals surface area (Å²) >= 11 is 5.57. The number of nitrogens with one attached hydrogen (secondary N) is 1. The molecule has 0 spiro atoms. The van der Waals surface area contributed by atoms with Crippen molar-refractivity contribution in [3.8, 4) is 5.75 Å². The highest BCUT2D eigenvalue weighted by atomic mass is 35.5. The van der Waals surface area contributed by atoms with Gasteiger partial charge in [0.1, 0.15) is 11.4 Å². The van der Waals surface area contributed by atoms with Crippen LogP contribution in [0.3, 0.4) is 0 Å². The van der Waals surface area contributed by atoms with Crippen LogP contribution in [0.1, 0.15) is 16.1 Å². The fourth-order valence-corrected chi connectivity index (χ4v) is 3.08. The van der Waals surface area contributed by atoms with E-state index in [-0.39, 0.29) is 17.9 Å². The number of aromatic nitrogens is 1. The van der Waals surface area contributed by atoms with Gasteiger partial charge in [-0.3, -0.25) is 9.59 Å². The van der Waals surface area contributed by atoms with Gasteiger partial charge in [-0.15, -0.1) is 0 Å². The fourth-order valence-electron chi connectivity index (χ4n) is 2.85. The van der Waals surface area contributed by atoms with E-state index >= 15 is 0 Å². The highest BCUT2D eigenvalue weighted by molar-refractivity contribution is 6.31. The van der Waals surface area contributed by atoms with Crippen LogP contribution in [0.2, 0.25) is 5.02 Å². The second kappa shape index (κ2) is 8.81. The zero-order valence-electron chi connectivity index (χ0n) is 16.5. The zero-order valence-corrected chi connectivity index (χ0v) is 17.2. The first-order valence-corrected chi connectivity index (χ1v) is 9.33. The molecule has 3 aromatic rings. The van der Waals surface area contributed by atoms with Gasteiger partial charge in [0.2, 0.25) is 5.91 Å². The number of hydrogen-bond acceptors (Lipinski definition) is 4. The van der Waals surface area contributed by atoms with Gasteiger partial charge in [-0.1, -0.05) is 17.7 Å². The molecule has 0 saturated carbocycles. The van der Waals surface area contributed by atoms with E-state index in [1.807, 2.05) is 0 Å². The zero-order chi connectivity index (χ0) is 22.8. The van der Waals surface area contributed by atoms with E-state index < -0.39 is 28.6 Å². The first-order valence-electron chi connectivity index (χ1n) is 8.95. The first kappa shape index (κ1) is 22.4. The van der Waals surface area contributed by atoms with Crippen molar-refractivity contribution in [3.63, 3.8) is 0 Å². The molecule has 1 N–H and O–H groups in total. The van der Waals surface area contributed by atoms with Gasteiger partial charge in [0.15, 0.2) is 0 Å². The average Bonchev–Trinajstić information content (AvgIpc) is 2.72. The number of rotatable bonds is 5. The number of halogens is 4. The average molecular weight is 452 g/mol. The van der Waals surface area contributed by atoms with Gasteiger partial charge in [-0.05, 0) is 42.5 Å². The Morgan fingerprint density at radius 2 is 1.87 bits per heavy atom. The van der Waals surface area contributed by atoms with Gasteiger partial charge in [0, 0.05) is 18.1 Å². The molecule has 0 saturated heterocycles. The number of methoxy groups -OCH3 is 1. The van der Waals surface area contributed by atoms with Crippen molar-refractivity contribution >= 4 is 40.0 Å². The number of pyridine rings is 1. The van der Waals surface area contributed by atoms with Crippen LogP contribution in [0.15, 0.2) is 48.5 Å². The third kappa shape index (κ3) is 5.24. The van der Waals surface area contributed by atoms with Gasteiger partial charge in [0.25, 0.3) is 5.91 Å². The quantitative estimate of drug-likeness (QED) is 0.614. The molecular formula is C21H17ClF3N3O3. The Hall–Kier alpha value is -3.33. The lowest BCUT2D eigenvalue weighted by Crippen LogP contribution is -2.35. The monoisotopic (exact) mass is 451 g/mol. The standard InChI is InChI=1S/C21H17ClF3N3O3/c1-28(11-19(29)26-13-4-6-16(22)15(10-13)21(23,24)25)20(30)18-7-3-12-9-14(31-2)5-8-17(12)27-18/h3-10H,11H2,1-2H3,(H,26,29). The van der Waals surface area contributed by atoms with E-state index in [1.165, 1.54) is 19.2 Å². The maximum absolute atomic E-state index is 13.0. The predicted molar refractivity (Wildman–Crippen MR) is 110 cm³/mol.